The Morgan fingerprint density at radius 2 is 1.90 bits per heavy atom. The molecule has 5 heteroatoms. The number of benzene rings is 1. The van der Waals surface area contributed by atoms with Gasteiger partial charge in [0, 0.05) is 12.0 Å². The van der Waals surface area contributed by atoms with E-state index in [-0.39, 0.29) is 12.2 Å². The zero-order valence-corrected chi connectivity index (χ0v) is 11.0. The third-order valence-corrected chi connectivity index (χ3v) is 4.42. The van der Waals surface area contributed by atoms with Crippen molar-refractivity contribution in [2.75, 3.05) is 0 Å². The van der Waals surface area contributed by atoms with E-state index < -0.39 is 35.5 Å². The van der Waals surface area contributed by atoms with E-state index >= 15 is 0 Å². The minimum Gasteiger partial charge on any atom is -0.393 e. The molecular formula is C16H12O5. The summed E-state index contributed by atoms with van der Waals surface area (Å²) in [6.07, 6.45) is 3.06. The largest absolute Gasteiger partial charge is 0.393 e. The lowest BCUT2D eigenvalue weighted by molar-refractivity contribution is -0.158. The Morgan fingerprint density at radius 1 is 1.14 bits per heavy atom. The molecule has 1 aromatic carbocycles. The van der Waals surface area contributed by atoms with Crippen LogP contribution in [0, 0.1) is 11.8 Å². The van der Waals surface area contributed by atoms with Crippen LogP contribution < -0.4 is 0 Å². The first-order valence-electron chi connectivity index (χ1n) is 6.82. The van der Waals surface area contributed by atoms with Crippen LogP contribution in [0.4, 0.5) is 0 Å². The number of hydrogen-bond donors (Lipinski definition) is 0. The van der Waals surface area contributed by atoms with Gasteiger partial charge >= 0.3 is 11.9 Å². The van der Waals surface area contributed by atoms with Crippen molar-refractivity contribution in [2.24, 2.45) is 11.8 Å². The van der Waals surface area contributed by atoms with E-state index in [1.807, 2.05) is 6.07 Å². The second-order valence-corrected chi connectivity index (χ2v) is 5.61. The second-order valence-electron chi connectivity index (χ2n) is 5.61. The standard InChI is InChI=1S/C16H12O5/c17-10(9-4-2-1-3-5-9)8-16-7-6-11(21-16)12-13(16)15(19)20-14(12)18/h1-7,11-13H,8H2. The summed E-state index contributed by atoms with van der Waals surface area (Å²) in [5.74, 6) is -2.56. The summed E-state index contributed by atoms with van der Waals surface area (Å²) in [7, 11) is 0. The molecule has 4 atom stereocenters. The van der Waals surface area contributed by atoms with Gasteiger partial charge in [0.25, 0.3) is 0 Å². The third-order valence-electron chi connectivity index (χ3n) is 4.42. The average Bonchev–Trinajstić information content (AvgIpc) is 3.11. The van der Waals surface area contributed by atoms with E-state index in [1.54, 1.807) is 36.4 Å². The summed E-state index contributed by atoms with van der Waals surface area (Å²) >= 11 is 0. The van der Waals surface area contributed by atoms with Crippen LogP contribution in [0.1, 0.15) is 16.8 Å². The van der Waals surface area contributed by atoms with E-state index in [4.69, 9.17) is 9.47 Å². The Morgan fingerprint density at radius 3 is 2.67 bits per heavy atom. The van der Waals surface area contributed by atoms with Crippen molar-refractivity contribution in [3.8, 4) is 0 Å². The molecule has 0 N–H and O–H groups in total. The van der Waals surface area contributed by atoms with Crippen molar-refractivity contribution in [1.29, 1.82) is 0 Å². The Kier molecular flexibility index (Phi) is 2.44. The Bertz CT molecular complexity index is 677. The van der Waals surface area contributed by atoms with Gasteiger partial charge in [-0.25, -0.2) is 0 Å². The van der Waals surface area contributed by atoms with Gasteiger partial charge < -0.3 is 9.47 Å². The average molecular weight is 284 g/mol. The van der Waals surface area contributed by atoms with Crippen molar-refractivity contribution >= 4 is 17.7 Å². The van der Waals surface area contributed by atoms with Gasteiger partial charge in [-0.05, 0) is 0 Å². The van der Waals surface area contributed by atoms with Crippen LogP contribution in [0.3, 0.4) is 0 Å². The number of carbonyl (C=O) groups is 3. The molecule has 0 aromatic heterocycles. The molecule has 2 saturated heterocycles. The molecule has 1 aromatic rings. The van der Waals surface area contributed by atoms with Crippen LogP contribution in [-0.4, -0.2) is 29.4 Å². The molecule has 4 rings (SSSR count). The zero-order chi connectivity index (χ0) is 14.6. The van der Waals surface area contributed by atoms with Crippen molar-refractivity contribution in [2.45, 2.75) is 18.1 Å². The van der Waals surface area contributed by atoms with Gasteiger partial charge in [0.1, 0.15) is 17.4 Å². The topological polar surface area (TPSA) is 69.7 Å². The minimum atomic E-state index is -1.04. The Labute approximate surface area is 120 Å². The summed E-state index contributed by atoms with van der Waals surface area (Å²) in [6, 6.07) is 8.84. The fraction of sp³-hybridized carbons (Fsp3) is 0.312. The van der Waals surface area contributed by atoms with Crippen molar-refractivity contribution < 1.29 is 23.9 Å². The molecule has 0 saturated carbocycles. The van der Waals surface area contributed by atoms with Crippen molar-refractivity contribution in [3.63, 3.8) is 0 Å². The summed E-state index contributed by atoms with van der Waals surface area (Å²) in [5, 5.41) is 0. The van der Waals surface area contributed by atoms with Gasteiger partial charge in [0.2, 0.25) is 0 Å². The van der Waals surface area contributed by atoms with Crippen LogP contribution in [0.25, 0.3) is 0 Å². The first-order chi connectivity index (χ1) is 10.1. The maximum absolute atomic E-state index is 12.4. The van der Waals surface area contributed by atoms with E-state index in [0.29, 0.717) is 5.56 Å². The predicted octanol–water partition coefficient (Wildman–Crippen LogP) is 1.28. The van der Waals surface area contributed by atoms with Gasteiger partial charge in [-0.2, -0.15) is 0 Å². The first kappa shape index (κ1) is 12.5. The van der Waals surface area contributed by atoms with E-state index in [1.165, 1.54) is 0 Å². The summed E-state index contributed by atoms with van der Waals surface area (Å²) in [5.41, 5.74) is -0.473. The molecule has 0 radical (unpaired) electrons. The summed E-state index contributed by atoms with van der Waals surface area (Å²) in [6.45, 7) is 0. The van der Waals surface area contributed by atoms with Gasteiger partial charge in [0.15, 0.2) is 5.78 Å². The number of Topliss-reactive ketones (excluding diaryl/α,β-unsaturated/α-hetero) is 1. The highest BCUT2D eigenvalue weighted by atomic mass is 16.6. The molecule has 0 amide bonds. The lowest BCUT2D eigenvalue weighted by atomic mass is 9.74. The second kappa shape index (κ2) is 4.11. The molecule has 0 aliphatic carbocycles. The van der Waals surface area contributed by atoms with E-state index in [9.17, 15) is 14.4 Å². The number of hydrogen-bond acceptors (Lipinski definition) is 5. The highest BCUT2D eigenvalue weighted by Gasteiger charge is 2.67. The first-order valence-corrected chi connectivity index (χ1v) is 6.82. The molecule has 2 bridgehead atoms. The third kappa shape index (κ3) is 1.64. The Hall–Kier alpha value is -2.27. The van der Waals surface area contributed by atoms with Crippen LogP contribution in [0.5, 0.6) is 0 Å². The summed E-state index contributed by atoms with van der Waals surface area (Å²) in [4.78, 5) is 36.0. The molecule has 21 heavy (non-hydrogen) atoms. The number of cyclic esters (lactones) is 2. The lowest BCUT2D eigenvalue weighted by Gasteiger charge is -2.26. The number of ketones is 1. The van der Waals surface area contributed by atoms with Crippen LogP contribution >= 0.6 is 0 Å². The number of ether oxygens (including phenoxy) is 2. The van der Waals surface area contributed by atoms with Crippen LogP contribution in [0.2, 0.25) is 0 Å². The predicted molar refractivity (Wildman–Crippen MR) is 70.2 cm³/mol. The molecule has 4 unspecified atom stereocenters. The zero-order valence-electron chi connectivity index (χ0n) is 11.0. The minimum absolute atomic E-state index is 0.0353. The maximum atomic E-state index is 12.4. The van der Waals surface area contributed by atoms with Crippen molar-refractivity contribution in [3.05, 3.63) is 48.0 Å². The fourth-order valence-corrected chi connectivity index (χ4v) is 3.49. The fourth-order valence-electron chi connectivity index (χ4n) is 3.49. The molecular weight excluding hydrogens is 272 g/mol. The number of fused-ring (bicyclic) bond motifs is 5. The highest BCUT2D eigenvalue weighted by molar-refractivity contribution is 6.01. The van der Waals surface area contributed by atoms with Gasteiger partial charge in [0.05, 0.1) is 6.10 Å². The van der Waals surface area contributed by atoms with Gasteiger partial charge in [-0.1, -0.05) is 42.5 Å². The SMILES string of the molecule is O=C(CC12C=CC(O1)C1C(=O)OC(=O)C12)c1ccccc1. The molecule has 0 spiro atoms. The lowest BCUT2D eigenvalue weighted by Crippen LogP contribution is -2.39. The molecule has 2 fully saturated rings. The maximum Gasteiger partial charge on any atom is 0.320 e. The molecule has 106 valence electrons. The molecule has 3 aliphatic heterocycles. The number of carbonyl (C=O) groups excluding carboxylic acids is 3. The quantitative estimate of drug-likeness (QED) is 0.362. The monoisotopic (exact) mass is 284 g/mol. The van der Waals surface area contributed by atoms with E-state index in [0.717, 1.165) is 0 Å². The van der Waals surface area contributed by atoms with Gasteiger partial charge in [-0.15, -0.1) is 0 Å². The smallest absolute Gasteiger partial charge is 0.320 e. The molecule has 3 heterocycles. The normalized spacial score (nSPS) is 35.9. The Balaban J connectivity index is 1.66. The van der Waals surface area contributed by atoms with Crippen LogP contribution in [-0.2, 0) is 19.1 Å². The van der Waals surface area contributed by atoms with Gasteiger partial charge in [-0.3, -0.25) is 14.4 Å². The highest BCUT2D eigenvalue weighted by Crippen LogP contribution is 2.52. The molecule has 3 aliphatic rings. The summed E-state index contributed by atoms with van der Waals surface area (Å²) < 4.78 is 10.5. The number of esters is 2. The van der Waals surface area contributed by atoms with E-state index in [2.05, 4.69) is 0 Å². The molecule has 5 nitrogen and oxygen atoms in total. The van der Waals surface area contributed by atoms with Crippen molar-refractivity contribution in [1.82, 2.24) is 0 Å². The van der Waals surface area contributed by atoms with Crippen LogP contribution in [0.15, 0.2) is 42.5 Å². The number of rotatable bonds is 3.